The molecule has 0 saturated heterocycles. The quantitative estimate of drug-likeness (QED) is 0.665. The molecule has 0 aromatic heterocycles. The highest BCUT2D eigenvalue weighted by Crippen LogP contribution is 2.46. The molecule has 2 unspecified atom stereocenters. The van der Waals surface area contributed by atoms with E-state index in [1.165, 1.54) is 19.3 Å². The number of hydrogen-bond acceptors (Lipinski definition) is 4. The highest BCUT2D eigenvalue weighted by atomic mass is 16.5. The molecule has 2 N–H and O–H groups in total. The van der Waals surface area contributed by atoms with Crippen LogP contribution in [0.2, 0.25) is 0 Å². The van der Waals surface area contributed by atoms with Crippen molar-refractivity contribution in [3.63, 3.8) is 0 Å². The molecule has 0 aromatic carbocycles. The van der Waals surface area contributed by atoms with Crippen molar-refractivity contribution < 1.29 is 9.47 Å². The molecule has 1 aliphatic rings. The lowest BCUT2D eigenvalue weighted by atomic mass is 9.63. The Balaban J connectivity index is 2.82. The van der Waals surface area contributed by atoms with Crippen LogP contribution in [0.25, 0.3) is 0 Å². The van der Waals surface area contributed by atoms with Crippen LogP contribution in [0, 0.1) is 11.3 Å². The van der Waals surface area contributed by atoms with Crippen LogP contribution >= 0.6 is 0 Å². The summed E-state index contributed by atoms with van der Waals surface area (Å²) >= 11 is 0. The van der Waals surface area contributed by atoms with Crippen LogP contribution in [-0.2, 0) is 9.47 Å². The summed E-state index contributed by atoms with van der Waals surface area (Å²) < 4.78 is 10.5. The van der Waals surface area contributed by atoms with Gasteiger partial charge < -0.3 is 15.2 Å². The van der Waals surface area contributed by atoms with Crippen molar-refractivity contribution in [2.24, 2.45) is 17.1 Å². The van der Waals surface area contributed by atoms with Gasteiger partial charge in [0, 0.05) is 46.0 Å². The van der Waals surface area contributed by atoms with Gasteiger partial charge in [-0.3, -0.25) is 4.90 Å². The van der Waals surface area contributed by atoms with Gasteiger partial charge in [-0.1, -0.05) is 20.8 Å². The maximum absolute atomic E-state index is 6.28. The fraction of sp³-hybridized carbons (Fsp3) is 1.00. The molecule has 0 aliphatic heterocycles. The highest BCUT2D eigenvalue weighted by Gasteiger charge is 2.46. The number of rotatable bonds is 9. The Morgan fingerprint density at radius 2 is 1.76 bits per heavy atom. The monoisotopic (exact) mass is 300 g/mol. The molecule has 0 bridgehead atoms. The second kappa shape index (κ2) is 8.47. The van der Waals surface area contributed by atoms with E-state index in [9.17, 15) is 0 Å². The Bertz CT molecular complexity index is 297. The number of hydrogen-bond donors (Lipinski definition) is 1. The van der Waals surface area contributed by atoms with Crippen LogP contribution in [-0.4, -0.2) is 57.5 Å². The maximum atomic E-state index is 6.28. The normalized spacial score (nSPS) is 29.0. The van der Waals surface area contributed by atoms with E-state index in [0.717, 1.165) is 39.3 Å². The second-order valence-electron chi connectivity index (χ2n) is 7.40. The molecular formula is C17H36N2O2. The zero-order valence-corrected chi connectivity index (χ0v) is 14.8. The molecule has 1 rings (SSSR count). The summed E-state index contributed by atoms with van der Waals surface area (Å²) in [6, 6.07) is 0. The molecule has 21 heavy (non-hydrogen) atoms. The lowest BCUT2D eigenvalue weighted by Gasteiger charge is -2.54. The molecule has 1 saturated carbocycles. The molecule has 0 amide bonds. The fourth-order valence-corrected chi connectivity index (χ4v) is 3.98. The van der Waals surface area contributed by atoms with Gasteiger partial charge in [-0.25, -0.2) is 0 Å². The zero-order valence-electron chi connectivity index (χ0n) is 14.8. The van der Waals surface area contributed by atoms with Crippen LogP contribution in [0.4, 0.5) is 0 Å². The van der Waals surface area contributed by atoms with Gasteiger partial charge >= 0.3 is 0 Å². The Hall–Kier alpha value is -0.160. The van der Waals surface area contributed by atoms with Gasteiger partial charge in [0.15, 0.2) is 0 Å². The van der Waals surface area contributed by atoms with Crippen LogP contribution in [0.3, 0.4) is 0 Å². The third kappa shape index (κ3) is 4.92. The van der Waals surface area contributed by atoms with Gasteiger partial charge in [0.05, 0.1) is 6.61 Å². The van der Waals surface area contributed by atoms with Gasteiger partial charge in [0.25, 0.3) is 0 Å². The lowest BCUT2D eigenvalue weighted by molar-refractivity contribution is -0.0351. The summed E-state index contributed by atoms with van der Waals surface area (Å²) in [5.74, 6) is 0.616. The average molecular weight is 300 g/mol. The SMILES string of the molecule is COCCCN(CCOC)C1(CN)CCC(C)(C)CC1C. The van der Waals surface area contributed by atoms with Crippen molar-refractivity contribution in [2.75, 3.05) is 47.1 Å². The Kier molecular flexibility index (Phi) is 7.62. The summed E-state index contributed by atoms with van der Waals surface area (Å²) in [6.07, 6.45) is 4.74. The predicted octanol–water partition coefficient (Wildman–Crippen LogP) is 2.51. The van der Waals surface area contributed by atoms with Gasteiger partial charge in [-0.15, -0.1) is 0 Å². The van der Waals surface area contributed by atoms with E-state index in [4.69, 9.17) is 15.2 Å². The molecular weight excluding hydrogens is 264 g/mol. The van der Waals surface area contributed by atoms with Crippen LogP contribution in [0.5, 0.6) is 0 Å². The minimum Gasteiger partial charge on any atom is -0.385 e. The van der Waals surface area contributed by atoms with E-state index in [0.29, 0.717) is 11.3 Å². The Labute approximate surface area is 131 Å². The van der Waals surface area contributed by atoms with Gasteiger partial charge in [0.2, 0.25) is 0 Å². The molecule has 1 aliphatic carbocycles. The maximum Gasteiger partial charge on any atom is 0.0589 e. The molecule has 0 radical (unpaired) electrons. The molecule has 2 atom stereocenters. The van der Waals surface area contributed by atoms with Crippen molar-refractivity contribution >= 4 is 0 Å². The zero-order chi connectivity index (χ0) is 15.9. The fourth-order valence-electron chi connectivity index (χ4n) is 3.98. The first kappa shape index (κ1) is 18.9. The lowest BCUT2D eigenvalue weighted by Crippen LogP contribution is -2.61. The van der Waals surface area contributed by atoms with Crippen LogP contribution in [0.1, 0.15) is 46.5 Å². The van der Waals surface area contributed by atoms with Crippen LogP contribution in [0.15, 0.2) is 0 Å². The Morgan fingerprint density at radius 1 is 1.10 bits per heavy atom. The van der Waals surface area contributed by atoms with E-state index < -0.39 is 0 Å². The number of ether oxygens (including phenoxy) is 2. The predicted molar refractivity (Wildman–Crippen MR) is 88.5 cm³/mol. The van der Waals surface area contributed by atoms with Crippen molar-refractivity contribution in [3.05, 3.63) is 0 Å². The standard InChI is InChI=1S/C17H36N2O2/c1-15-13-16(2,3)7-8-17(15,14-18)19(10-12-21-5)9-6-11-20-4/h15H,6-14,18H2,1-5H3. The smallest absolute Gasteiger partial charge is 0.0589 e. The second-order valence-corrected chi connectivity index (χ2v) is 7.40. The first-order chi connectivity index (χ1) is 9.91. The minimum atomic E-state index is 0.127. The molecule has 0 spiro atoms. The van der Waals surface area contributed by atoms with Crippen molar-refractivity contribution in [3.8, 4) is 0 Å². The largest absolute Gasteiger partial charge is 0.385 e. The van der Waals surface area contributed by atoms with E-state index in [1.54, 1.807) is 14.2 Å². The summed E-state index contributed by atoms with van der Waals surface area (Å²) in [6.45, 7) is 11.5. The minimum absolute atomic E-state index is 0.127. The number of nitrogens with two attached hydrogens (primary N) is 1. The van der Waals surface area contributed by atoms with E-state index >= 15 is 0 Å². The molecule has 4 heteroatoms. The number of nitrogens with zero attached hydrogens (tertiary/aromatic N) is 1. The topological polar surface area (TPSA) is 47.7 Å². The van der Waals surface area contributed by atoms with Gasteiger partial charge in [-0.05, 0) is 37.0 Å². The van der Waals surface area contributed by atoms with Crippen LogP contribution < -0.4 is 5.73 Å². The third-order valence-electron chi connectivity index (χ3n) is 5.34. The highest BCUT2D eigenvalue weighted by molar-refractivity contribution is 5.02. The van der Waals surface area contributed by atoms with Gasteiger partial charge in [0.1, 0.15) is 0 Å². The summed E-state index contributed by atoms with van der Waals surface area (Å²) in [7, 11) is 3.54. The summed E-state index contributed by atoms with van der Waals surface area (Å²) in [4.78, 5) is 2.58. The molecule has 0 aromatic rings. The van der Waals surface area contributed by atoms with Crippen molar-refractivity contribution in [1.29, 1.82) is 0 Å². The van der Waals surface area contributed by atoms with E-state index in [2.05, 4.69) is 25.7 Å². The van der Waals surface area contributed by atoms with Crippen molar-refractivity contribution in [1.82, 2.24) is 4.90 Å². The first-order valence-electron chi connectivity index (χ1n) is 8.35. The van der Waals surface area contributed by atoms with Crippen molar-refractivity contribution in [2.45, 2.75) is 52.0 Å². The molecule has 0 heterocycles. The molecule has 4 nitrogen and oxygen atoms in total. The summed E-state index contributed by atoms with van der Waals surface area (Å²) in [5.41, 5.74) is 6.85. The van der Waals surface area contributed by atoms with Gasteiger partial charge in [-0.2, -0.15) is 0 Å². The number of methoxy groups -OCH3 is 2. The molecule has 1 fully saturated rings. The first-order valence-corrected chi connectivity index (χ1v) is 8.35. The van der Waals surface area contributed by atoms with E-state index in [-0.39, 0.29) is 5.54 Å². The Morgan fingerprint density at radius 3 is 2.29 bits per heavy atom. The average Bonchev–Trinajstić information content (AvgIpc) is 2.43. The van der Waals surface area contributed by atoms with E-state index in [1.807, 2.05) is 0 Å². The third-order valence-corrected chi connectivity index (χ3v) is 5.34. The molecule has 126 valence electrons. The summed E-state index contributed by atoms with van der Waals surface area (Å²) in [5, 5.41) is 0.